The lowest BCUT2D eigenvalue weighted by Gasteiger charge is -2.32. The summed E-state index contributed by atoms with van der Waals surface area (Å²) in [6.07, 6.45) is -1.41. The zero-order chi connectivity index (χ0) is 10.4. The highest BCUT2D eigenvalue weighted by Crippen LogP contribution is 2.41. The van der Waals surface area contributed by atoms with Crippen LogP contribution in [-0.2, 0) is 9.47 Å². The first-order valence-electron chi connectivity index (χ1n) is 4.47. The van der Waals surface area contributed by atoms with Crippen molar-refractivity contribution in [2.45, 2.75) is 23.4 Å². The predicted octanol–water partition coefficient (Wildman–Crippen LogP) is -2.77. The first kappa shape index (κ1) is 10.3. The molecule has 2 aliphatic rings. The van der Waals surface area contributed by atoms with Gasteiger partial charge in [-0.2, -0.15) is 0 Å². The average molecular weight is 206 g/mol. The summed E-state index contributed by atoms with van der Waals surface area (Å²) in [5.74, 6) is 0. The summed E-state index contributed by atoms with van der Waals surface area (Å²) < 4.78 is 10.2. The van der Waals surface area contributed by atoms with Crippen molar-refractivity contribution in [1.29, 1.82) is 0 Å². The fourth-order valence-corrected chi connectivity index (χ4v) is 2.04. The lowest BCUT2D eigenvalue weighted by atomic mass is 9.83. The van der Waals surface area contributed by atoms with Gasteiger partial charge in [-0.3, -0.25) is 0 Å². The second-order valence-corrected chi connectivity index (χ2v) is 3.88. The molecule has 2 rings (SSSR count). The number of ether oxygens (including phenoxy) is 2. The van der Waals surface area contributed by atoms with Gasteiger partial charge in [-0.1, -0.05) is 0 Å². The smallest absolute Gasteiger partial charge is 0.150 e. The first-order valence-corrected chi connectivity index (χ1v) is 4.47. The molecule has 6 nitrogen and oxygen atoms in total. The lowest BCUT2D eigenvalue weighted by Crippen LogP contribution is -2.59. The topological polar surface area (TPSA) is 99.4 Å². The molecule has 2 heterocycles. The Bertz CT molecular complexity index is 234. The zero-order valence-electron chi connectivity index (χ0n) is 7.59. The second kappa shape index (κ2) is 3.13. The SMILES string of the molecule is OC[C@H]1OC[C@]2(O)[C@H]1OC[C@]2(O)CO. The molecule has 4 atom stereocenters. The van der Waals surface area contributed by atoms with Crippen molar-refractivity contribution in [3.05, 3.63) is 0 Å². The molecule has 2 fully saturated rings. The summed E-state index contributed by atoms with van der Waals surface area (Å²) in [6.45, 7) is -1.17. The highest BCUT2D eigenvalue weighted by atomic mass is 16.6. The molecule has 82 valence electrons. The van der Waals surface area contributed by atoms with Gasteiger partial charge in [0.15, 0.2) is 0 Å². The molecule has 14 heavy (non-hydrogen) atoms. The van der Waals surface area contributed by atoms with Gasteiger partial charge >= 0.3 is 0 Å². The van der Waals surface area contributed by atoms with Crippen LogP contribution in [0.3, 0.4) is 0 Å². The molecule has 0 radical (unpaired) electrons. The third kappa shape index (κ3) is 1.06. The lowest BCUT2D eigenvalue weighted by molar-refractivity contribution is -0.149. The average Bonchev–Trinajstić information content (AvgIpc) is 2.64. The van der Waals surface area contributed by atoms with Gasteiger partial charge in [0, 0.05) is 0 Å². The van der Waals surface area contributed by atoms with Crippen LogP contribution in [0.4, 0.5) is 0 Å². The molecule has 4 N–H and O–H groups in total. The van der Waals surface area contributed by atoms with Crippen LogP contribution in [0.5, 0.6) is 0 Å². The summed E-state index contributed by atoms with van der Waals surface area (Å²) in [5, 5.41) is 37.8. The Labute approximate surface area is 80.7 Å². The van der Waals surface area contributed by atoms with E-state index in [2.05, 4.69) is 0 Å². The molecule has 2 aliphatic heterocycles. The van der Waals surface area contributed by atoms with Gasteiger partial charge in [0.25, 0.3) is 0 Å². The zero-order valence-corrected chi connectivity index (χ0v) is 7.59. The Hall–Kier alpha value is -0.240. The molecule has 0 aromatic rings. The van der Waals surface area contributed by atoms with Crippen molar-refractivity contribution < 1.29 is 29.9 Å². The van der Waals surface area contributed by atoms with Crippen LogP contribution in [0.1, 0.15) is 0 Å². The minimum absolute atomic E-state index is 0.139. The van der Waals surface area contributed by atoms with Gasteiger partial charge in [-0.25, -0.2) is 0 Å². The fraction of sp³-hybridized carbons (Fsp3) is 1.00. The first-order chi connectivity index (χ1) is 6.57. The van der Waals surface area contributed by atoms with E-state index in [1.165, 1.54) is 0 Å². The number of aliphatic hydroxyl groups is 4. The van der Waals surface area contributed by atoms with Crippen LogP contribution in [0, 0.1) is 0 Å². The molecular weight excluding hydrogens is 192 g/mol. The quantitative estimate of drug-likeness (QED) is 0.390. The van der Waals surface area contributed by atoms with E-state index in [9.17, 15) is 10.2 Å². The van der Waals surface area contributed by atoms with Crippen LogP contribution in [0.25, 0.3) is 0 Å². The molecule has 0 aromatic heterocycles. The Morgan fingerprint density at radius 1 is 1.14 bits per heavy atom. The van der Waals surface area contributed by atoms with Crippen molar-refractivity contribution in [3.63, 3.8) is 0 Å². The molecule has 2 saturated heterocycles. The minimum atomic E-state index is -1.69. The molecule has 6 heteroatoms. The Morgan fingerprint density at radius 2 is 1.86 bits per heavy atom. The van der Waals surface area contributed by atoms with Crippen LogP contribution in [0.2, 0.25) is 0 Å². The van der Waals surface area contributed by atoms with E-state index in [0.29, 0.717) is 0 Å². The summed E-state index contributed by atoms with van der Waals surface area (Å²) in [5.41, 5.74) is -3.31. The minimum Gasteiger partial charge on any atom is -0.394 e. The fourth-order valence-electron chi connectivity index (χ4n) is 2.04. The molecule has 0 aromatic carbocycles. The van der Waals surface area contributed by atoms with Crippen LogP contribution >= 0.6 is 0 Å². The molecule has 0 amide bonds. The maximum absolute atomic E-state index is 10.1. The Kier molecular flexibility index (Phi) is 2.30. The summed E-state index contributed by atoms with van der Waals surface area (Å²) in [4.78, 5) is 0. The third-order valence-electron chi connectivity index (χ3n) is 3.07. The molecule has 0 unspecified atom stereocenters. The van der Waals surface area contributed by atoms with E-state index in [-0.39, 0.29) is 19.8 Å². The Morgan fingerprint density at radius 3 is 2.43 bits per heavy atom. The van der Waals surface area contributed by atoms with Crippen molar-refractivity contribution in [1.82, 2.24) is 0 Å². The van der Waals surface area contributed by atoms with Gasteiger partial charge in [0.05, 0.1) is 26.4 Å². The van der Waals surface area contributed by atoms with Crippen molar-refractivity contribution >= 4 is 0 Å². The highest BCUT2D eigenvalue weighted by molar-refractivity contribution is 5.14. The maximum atomic E-state index is 10.1. The van der Waals surface area contributed by atoms with Gasteiger partial charge in [-0.15, -0.1) is 0 Å². The standard InChI is InChI=1S/C8H14O6/c9-1-5-6-8(12,4-13-5)7(11,2-10)3-14-6/h5-6,9-12H,1-4H2/t5-,6+,7-,8+/m1/s1. The van der Waals surface area contributed by atoms with E-state index >= 15 is 0 Å². The predicted molar refractivity (Wildman–Crippen MR) is 43.6 cm³/mol. The van der Waals surface area contributed by atoms with E-state index in [1.54, 1.807) is 0 Å². The summed E-state index contributed by atoms with van der Waals surface area (Å²) >= 11 is 0. The summed E-state index contributed by atoms with van der Waals surface area (Å²) in [6, 6.07) is 0. The number of aliphatic hydroxyl groups excluding tert-OH is 2. The van der Waals surface area contributed by atoms with Gasteiger partial charge in [0.2, 0.25) is 0 Å². The highest BCUT2D eigenvalue weighted by Gasteiger charge is 2.66. The van der Waals surface area contributed by atoms with Crippen molar-refractivity contribution in [2.24, 2.45) is 0 Å². The van der Waals surface area contributed by atoms with Crippen molar-refractivity contribution in [3.8, 4) is 0 Å². The molecular formula is C8H14O6. The van der Waals surface area contributed by atoms with E-state index in [0.717, 1.165) is 0 Å². The Balaban J connectivity index is 2.25. The second-order valence-electron chi connectivity index (χ2n) is 3.88. The number of rotatable bonds is 2. The number of hydrogen-bond acceptors (Lipinski definition) is 6. The number of fused-ring (bicyclic) bond motifs is 1. The van der Waals surface area contributed by atoms with Crippen LogP contribution in [0.15, 0.2) is 0 Å². The van der Waals surface area contributed by atoms with E-state index < -0.39 is 30.0 Å². The monoisotopic (exact) mass is 206 g/mol. The van der Waals surface area contributed by atoms with Gasteiger partial charge in [-0.05, 0) is 0 Å². The van der Waals surface area contributed by atoms with Crippen molar-refractivity contribution in [2.75, 3.05) is 26.4 Å². The van der Waals surface area contributed by atoms with Gasteiger partial charge < -0.3 is 29.9 Å². The van der Waals surface area contributed by atoms with E-state index in [4.69, 9.17) is 19.7 Å². The molecule has 0 aliphatic carbocycles. The normalized spacial score (nSPS) is 52.3. The van der Waals surface area contributed by atoms with Crippen LogP contribution in [-0.4, -0.2) is 70.3 Å². The largest absolute Gasteiger partial charge is 0.394 e. The third-order valence-corrected chi connectivity index (χ3v) is 3.07. The molecule has 0 saturated carbocycles. The molecule has 0 spiro atoms. The van der Waals surface area contributed by atoms with E-state index in [1.807, 2.05) is 0 Å². The summed E-state index contributed by atoms with van der Waals surface area (Å²) in [7, 11) is 0. The maximum Gasteiger partial charge on any atom is 0.150 e. The number of hydrogen-bond donors (Lipinski definition) is 4. The van der Waals surface area contributed by atoms with Crippen LogP contribution < -0.4 is 0 Å². The van der Waals surface area contributed by atoms with Gasteiger partial charge in [0.1, 0.15) is 23.4 Å². The molecule has 0 bridgehead atoms.